The summed E-state index contributed by atoms with van der Waals surface area (Å²) in [6, 6.07) is 7.44. The maximum atomic E-state index is 13.1. The molecule has 0 radical (unpaired) electrons. The van der Waals surface area contributed by atoms with Crippen molar-refractivity contribution in [1.82, 2.24) is 10.6 Å². The second-order valence-corrected chi connectivity index (χ2v) is 6.86. The van der Waals surface area contributed by atoms with Gasteiger partial charge in [0.2, 0.25) is 5.91 Å². The molecule has 0 spiro atoms. The van der Waals surface area contributed by atoms with Gasteiger partial charge in [-0.2, -0.15) is 11.8 Å². The van der Waals surface area contributed by atoms with Crippen LogP contribution in [-0.2, 0) is 11.2 Å². The number of halogens is 2. The zero-order chi connectivity index (χ0) is 14.9. The molecule has 0 aliphatic carbocycles. The minimum atomic E-state index is -2.77. The number of aryl methyl sites for hydroxylation is 1. The number of carbonyl (C=O) groups excluding carboxylic acids is 1. The number of nitrogens with one attached hydrogen (secondary N) is 2. The Morgan fingerprint density at radius 1 is 1.43 bits per heavy atom. The molecule has 6 heteroatoms. The Morgan fingerprint density at radius 2 is 2.24 bits per heavy atom. The van der Waals surface area contributed by atoms with Crippen molar-refractivity contribution in [3.05, 3.63) is 35.4 Å². The Balaban J connectivity index is 1.58. The van der Waals surface area contributed by atoms with E-state index in [0.717, 1.165) is 12.2 Å². The number of thioether (sulfide) groups is 1. The quantitative estimate of drug-likeness (QED) is 0.898. The van der Waals surface area contributed by atoms with Crippen molar-refractivity contribution >= 4 is 17.7 Å². The van der Waals surface area contributed by atoms with Crippen LogP contribution in [0.4, 0.5) is 8.78 Å². The number of amides is 1. The van der Waals surface area contributed by atoms with E-state index in [1.807, 2.05) is 12.1 Å². The molecule has 114 valence electrons. The van der Waals surface area contributed by atoms with Gasteiger partial charge in [-0.3, -0.25) is 10.1 Å². The Bertz CT molecular complexity index is 538. The summed E-state index contributed by atoms with van der Waals surface area (Å²) in [6.07, 6.45) is 0.634. The van der Waals surface area contributed by atoms with Crippen LogP contribution in [0.5, 0.6) is 0 Å². The molecule has 1 fully saturated rings. The fourth-order valence-electron chi connectivity index (χ4n) is 2.86. The van der Waals surface area contributed by atoms with Crippen molar-refractivity contribution in [2.75, 3.05) is 18.8 Å². The van der Waals surface area contributed by atoms with Crippen LogP contribution >= 0.6 is 11.8 Å². The van der Waals surface area contributed by atoms with Gasteiger partial charge in [-0.25, -0.2) is 8.78 Å². The highest BCUT2D eigenvalue weighted by Crippen LogP contribution is 2.36. The maximum absolute atomic E-state index is 13.1. The molecule has 2 atom stereocenters. The lowest BCUT2D eigenvalue weighted by atomic mass is 10.0. The summed E-state index contributed by atoms with van der Waals surface area (Å²) in [7, 11) is 0. The third-order valence-corrected chi connectivity index (χ3v) is 5.24. The lowest BCUT2D eigenvalue weighted by Crippen LogP contribution is -2.41. The minimum absolute atomic E-state index is 0.209. The second kappa shape index (κ2) is 5.93. The van der Waals surface area contributed by atoms with Crippen LogP contribution in [0.25, 0.3) is 0 Å². The molecular weight excluding hydrogens is 294 g/mol. The van der Waals surface area contributed by atoms with Crippen molar-refractivity contribution in [2.45, 2.75) is 30.1 Å². The van der Waals surface area contributed by atoms with E-state index < -0.39 is 24.9 Å². The van der Waals surface area contributed by atoms with E-state index in [-0.39, 0.29) is 11.2 Å². The molecule has 2 heterocycles. The van der Waals surface area contributed by atoms with E-state index in [1.165, 1.54) is 11.1 Å². The topological polar surface area (TPSA) is 41.1 Å². The van der Waals surface area contributed by atoms with Gasteiger partial charge in [0.1, 0.15) is 0 Å². The van der Waals surface area contributed by atoms with Crippen LogP contribution in [0.15, 0.2) is 24.3 Å². The summed E-state index contributed by atoms with van der Waals surface area (Å²) in [5, 5.41) is 5.61. The number of hydrogen-bond donors (Lipinski definition) is 2. The van der Waals surface area contributed by atoms with Gasteiger partial charge in [0, 0.05) is 18.2 Å². The molecule has 2 aliphatic rings. The van der Waals surface area contributed by atoms with E-state index in [9.17, 15) is 13.6 Å². The van der Waals surface area contributed by atoms with Gasteiger partial charge >= 0.3 is 0 Å². The van der Waals surface area contributed by atoms with Gasteiger partial charge in [-0.05, 0) is 23.3 Å². The molecule has 2 N–H and O–H groups in total. The molecule has 1 aromatic carbocycles. The van der Waals surface area contributed by atoms with Crippen molar-refractivity contribution in [3.63, 3.8) is 0 Å². The number of alkyl halides is 2. The number of rotatable bonds is 3. The largest absolute Gasteiger partial charge is 0.353 e. The van der Waals surface area contributed by atoms with Gasteiger partial charge in [0.15, 0.2) is 0 Å². The zero-order valence-electron chi connectivity index (χ0n) is 11.6. The van der Waals surface area contributed by atoms with Crippen LogP contribution in [0.1, 0.15) is 22.8 Å². The predicted octanol–water partition coefficient (Wildman–Crippen LogP) is 2.13. The average Bonchev–Trinajstić information content (AvgIpc) is 2.85. The number of benzene rings is 1. The summed E-state index contributed by atoms with van der Waals surface area (Å²) in [6.45, 7) is 0.0797. The lowest BCUT2D eigenvalue weighted by molar-refractivity contribution is -0.123. The molecule has 3 rings (SSSR count). The van der Waals surface area contributed by atoms with Crippen LogP contribution in [0.2, 0.25) is 0 Å². The van der Waals surface area contributed by atoms with Crippen LogP contribution < -0.4 is 10.6 Å². The fourth-order valence-corrected chi connectivity index (χ4v) is 4.10. The summed E-state index contributed by atoms with van der Waals surface area (Å²) < 4.78 is 26.2. The summed E-state index contributed by atoms with van der Waals surface area (Å²) in [5.74, 6) is -2.07. The maximum Gasteiger partial charge on any atom is 0.262 e. The molecule has 3 nitrogen and oxygen atoms in total. The van der Waals surface area contributed by atoms with Gasteiger partial charge in [-0.1, -0.05) is 24.3 Å². The van der Waals surface area contributed by atoms with E-state index in [1.54, 1.807) is 11.8 Å². The number of hydrogen-bond acceptors (Lipinski definition) is 3. The van der Waals surface area contributed by atoms with Crippen LogP contribution in [0.3, 0.4) is 0 Å². The molecule has 1 saturated heterocycles. The summed E-state index contributed by atoms with van der Waals surface area (Å²) >= 11 is 1.81. The molecule has 0 aromatic heterocycles. The highest BCUT2D eigenvalue weighted by molar-refractivity contribution is 7.99. The summed E-state index contributed by atoms with van der Waals surface area (Å²) in [5.41, 5.74) is 2.57. The smallest absolute Gasteiger partial charge is 0.262 e. The first-order valence-electron chi connectivity index (χ1n) is 7.13. The molecule has 21 heavy (non-hydrogen) atoms. The van der Waals surface area contributed by atoms with Crippen LogP contribution in [-0.4, -0.2) is 36.7 Å². The third-order valence-electron chi connectivity index (χ3n) is 3.98. The van der Waals surface area contributed by atoms with Gasteiger partial charge in [0.05, 0.1) is 12.6 Å². The number of carbonyl (C=O) groups is 1. The third kappa shape index (κ3) is 3.37. The minimum Gasteiger partial charge on any atom is -0.353 e. The van der Waals surface area contributed by atoms with E-state index in [2.05, 4.69) is 22.8 Å². The summed E-state index contributed by atoms with van der Waals surface area (Å²) in [4.78, 5) is 12.0. The normalized spacial score (nSPS) is 27.1. The van der Waals surface area contributed by atoms with E-state index in [0.29, 0.717) is 6.54 Å². The Labute approximate surface area is 126 Å². The molecule has 0 bridgehead atoms. The average molecular weight is 312 g/mol. The standard InChI is InChI=1S/C15H18F2N2OS/c16-15(17)7-12(19-9-15)14(20)18-8-13-11-4-2-1-3-10(11)5-6-21-13/h1-4,12-13,19H,5-9H2,(H,18,20). The molecule has 1 aromatic rings. The van der Waals surface area contributed by atoms with Crippen molar-refractivity contribution < 1.29 is 13.6 Å². The predicted molar refractivity (Wildman–Crippen MR) is 79.7 cm³/mol. The van der Waals surface area contributed by atoms with Gasteiger partial charge in [-0.15, -0.1) is 0 Å². The van der Waals surface area contributed by atoms with Gasteiger partial charge in [0.25, 0.3) is 5.92 Å². The Morgan fingerprint density at radius 3 is 3.00 bits per heavy atom. The SMILES string of the molecule is O=C(NCC1SCCc2ccccc21)C1CC(F)(F)CN1. The molecule has 2 unspecified atom stereocenters. The molecular formula is C15H18F2N2OS. The second-order valence-electron chi connectivity index (χ2n) is 5.55. The monoisotopic (exact) mass is 312 g/mol. The molecule has 0 saturated carbocycles. The van der Waals surface area contributed by atoms with E-state index in [4.69, 9.17) is 0 Å². The fraction of sp³-hybridized carbons (Fsp3) is 0.533. The molecule has 1 amide bonds. The van der Waals surface area contributed by atoms with Gasteiger partial charge < -0.3 is 5.32 Å². The first kappa shape index (κ1) is 14.8. The first-order chi connectivity index (χ1) is 10.1. The first-order valence-corrected chi connectivity index (χ1v) is 8.18. The van der Waals surface area contributed by atoms with Crippen molar-refractivity contribution in [3.8, 4) is 0 Å². The van der Waals surface area contributed by atoms with Crippen LogP contribution in [0, 0.1) is 0 Å². The van der Waals surface area contributed by atoms with E-state index >= 15 is 0 Å². The van der Waals surface area contributed by atoms with Crippen molar-refractivity contribution in [1.29, 1.82) is 0 Å². The zero-order valence-corrected chi connectivity index (χ0v) is 12.4. The Hall–Kier alpha value is -1.14. The van der Waals surface area contributed by atoms with Crippen molar-refractivity contribution in [2.24, 2.45) is 0 Å². The number of fused-ring (bicyclic) bond motifs is 1. The Kier molecular flexibility index (Phi) is 4.17. The highest BCUT2D eigenvalue weighted by atomic mass is 32.2. The highest BCUT2D eigenvalue weighted by Gasteiger charge is 2.42. The molecule has 2 aliphatic heterocycles. The lowest BCUT2D eigenvalue weighted by Gasteiger charge is -2.25.